The summed E-state index contributed by atoms with van der Waals surface area (Å²) in [5.41, 5.74) is 0.502. The molecule has 0 radical (unpaired) electrons. The van der Waals surface area contributed by atoms with E-state index in [-0.39, 0.29) is 12.4 Å². The van der Waals surface area contributed by atoms with Crippen molar-refractivity contribution in [3.05, 3.63) is 23.8 Å². The molecule has 1 aromatic carbocycles. The molecule has 0 aromatic heterocycles. The number of benzene rings is 1. The molecule has 0 heterocycles. The van der Waals surface area contributed by atoms with Gasteiger partial charge in [0.2, 0.25) is 0 Å². The number of carbonyl (C=O) groups excluding carboxylic acids is 1. The van der Waals surface area contributed by atoms with Crippen molar-refractivity contribution < 1.29 is 14.3 Å². The van der Waals surface area contributed by atoms with Crippen molar-refractivity contribution in [1.29, 1.82) is 5.26 Å². The molecule has 0 spiro atoms. The van der Waals surface area contributed by atoms with E-state index in [9.17, 15) is 4.79 Å². The molecule has 0 N–H and O–H groups in total. The molecule has 90 valence electrons. The highest BCUT2D eigenvalue weighted by Crippen LogP contribution is 2.28. The van der Waals surface area contributed by atoms with Crippen molar-refractivity contribution in [2.45, 2.75) is 20.3 Å². The van der Waals surface area contributed by atoms with Gasteiger partial charge in [0.15, 0.2) is 17.3 Å². The molecule has 0 saturated carbocycles. The molecule has 4 nitrogen and oxygen atoms in total. The van der Waals surface area contributed by atoms with Crippen molar-refractivity contribution in [2.24, 2.45) is 0 Å². The highest BCUT2D eigenvalue weighted by atomic mass is 16.5. The van der Waals surface area contributed by atoms with Crippen LogP contribution in [0.15, 0.2) is 18.2 Å². The molecule has 17 heavy (non-hydrogen) atoms. The maximum atomic E-state index is 11.2. The Morgan fingerprint density at radius 2 is 2.06 bits per heavy atom. The van der Waals surface area contributed by atoms with E-state index in [0.717, 1.165) is 0 Å². The predicted molar refractivity (Wildman–Crippen MR) is 63.1 cm³/mol. The number of ketones is 1. The third kappa shape index (κ3) is 3.80. The lowest BCUT2D eigenvalue weighted by Crippen LogP contribution is -2.10. The number of carbonyl (C=O) groups is 1. The van der Waals surface area contributed by atoms with E-state index in [1.807, 2.05) is 13.0 Å². The van der Waals surface area contributed by atoms with Gasteiger partial charge in [0, 0.05) is 12.5 Å². The average molecular weight is 233 g/mol. The fourth-order valence-corrected chi connectivity index (χ4v) is 1.23. The second-order valence-corrected chi connectivity index (χ2v) is 3.39. The van der Waals surface area contributed by atoms with Crippen LogP contribution in [0.25, 0.3) is 0 Å². The first kappa shape index (κ1) is 13.0. The SMILES string of the molecule is CCOc1cc(C#N)ccc1OCC(=O)CC. The van der Waals surface area contributed by atoms with Crippen LogP contribution in [-0.2, 0) is 4.79 Å². The number of rotatable bonds is 6. The van der Waals surface area contributed by atoms with Gasteiger partial charge in [-0.1, -0.05) is 6.92 Å². The van der Waals surface area contributed by atoms with Crippen LogP contribution in [-0.4, -0.2) is 19.0 Å². The largest absolute Gasteiger partial charge is 0.490 e. The lowest BCUT2D eigenvalue weighted by molar-refractivity contribution is -0.120. The molecule has 1 aromatic rings. The van der Waals surface area contributed by atoms with Crippen LogP contribution in [0.2, 0.25) is 0 Å². The Morgan fingerprint density at radius 1 is 1.29 bits per heavy atom. The molecule has 4 heteroatoms. The first-order valence-electron chi connectivity index (χ1n) is 5.52. The third-order valence-corrected chi connectivity index (χ3v) is 2.16. The lowest BCUT2D eigenvalue weighted by atomic mass is 10.2. The Kier molecular flexibility index (Phi) is 5.02. The minimum atomic E-state index is 0.0248. The van der Waals surface area contributed by atoms with Gasteiger partial charge in [0.25, 0.3) is 0 Å². The van der Waals surface area contributed by atoms with E-state index >= 15 is 0 Å². The van der Waals surface area contributed by atoms with E-state index in [1.165, 1.54) is 0 Å². The monoisotopic (exact) mass is 233 g/mol. The Morgan fingerprint density at radius 3 is 2.65 bits per heavy atom. The topological polar surface area (TPSA) is 59.3 Å². The number of hydrogen-bond acceptors (Lipinski definition) is 4. The summed E-state index contributed by atoms with van der Waals surface area (Å²) in [7, 11) is 0. The minimum Gasteiger partial charge on any atom is -0.490 e. The zero-order valence-corrected chi connectivity index (χ0v) is 10.0. The van der Waals surface area contributed by atoms with Crippen LogP contribution >= 0.6 is 0 Å². The van der Waals surface area contributed by atoms with Crippen LogP contribution in [0.4, 0.5) is 0 Å². The van der Waals surface area contributed by atoms with Gasteiger partial charge in [-0.15, -0.1) is 0 Å². The smallest absolute Gasteiger partial charge is 0.169 e. The van der Waals surface area contributed by atoms with Gasteiger partial charge < -0.3 is 9.47 Å². The van der Waals surface area contributed by atoms with Crippen LogP contribution in [0.3, 0.4) is 0 Å². The fraction of sp³-hybridized carbons (Fsp3) is 0.385. The normalized spacial score (nSPS) is 9.47. The molecule has 0 aliphatic carbocycles. The molecule has 0 fully saturated rings. The molecule has 1 rings (SSSR count). The maximum Gasteiger partial charge on any atom is 0.169 e. The quantitative estimate of drug-likeness (QED) is 0.756. The summed E-state index contributed by atoms with van der Waals surface area (Å²) >= 11 is 0. The van der Waals surface area contributed by atoms with E-state index in [2.05, 4.69) is 0 Å². The first-order chi connectivity index (χ1) is 8.21. The van der Waals surface area contributed by atoms with E-state index in [4.69, 9.17) is 14.7 Å². The van der Waals surface area contributed by atoms with Crippen LogP contribution in [0, 0.1) is 11.3 Å². The summed E-state index contributed by atoms with van der Waals surface area (Å²) in [6.45, 7) is 4.14. The predicted octanol–water partition coefficient (Wildman–Crippen LogP) is 2.31. The zero-order chi connectivity index (χ0) is 12.7. The molecule has 0 saturated heterocycles. The van der Waals surface area contributed by atoms with Gasteiger partial charge in [0.1, 0.15) is 6.61 Å². The van der Waals surface area contributed by atoms with E-state index < -0.39 is 0 Å². The second-order valence-electron chi connectivity index (χ2n) is 3.39. The van der Waals surface area contributed by atoms with Crippen molar-refractivity contribution in [3.8, 4) is 17.6 Å². The molecule has 0 aliphatic rings. The highest BCUT2D eigenvalue weighted by molar-refractivity contribution is 5.79. The molecular formula is C13H15NO3. The van der Waals surface area contributed by atoms with Crippen LogP contribution < -0.4 is 9.47 Å². The van der Waals surface area contributed by atoms with Gasteiger partial charge >= 0.3 is 0 Å². The number of nitrogens with zero attached hydrogens (tertiary/aromatic N) is 1. The van der Waals surface area contributed by atoms with Gasteiger partial charge in [-0.2, -0.15) is 5.26 Å². The number of Topliss-reactive ketones (excluding diaryl/α,β-unsaturated/α-hetero) is 1. The molecule has 0 bridgehead atoms. The molecule has 0 atom stereocenters. The van der Waals surface area contributed by atoms with Crippen molar-refractivity contribution in [3.63, 3.8) is 0 Å². The summed E-state index contributed by atoms with van der Waals surface area (Å²) in [6, 6.07) is 6.91. The summed E-state index contributed by atoms with van der Waals surface area (Å²) in [5, 5.41) is 8.78. The molecule has 0 unspecified atom stereocenters. The summed E-state index contributed by atoms with van der Waals surface area (Å²) in [6.07, 6.45) is 0.445. The maximum absolute atomic E-state index is 11.2. The first-order valence-corrected chi connectivity index (χ1v) is 5.52. The summed E-state index contributed by atoms with van der Waals surface area (Å²) in [5.74, 6) is 1.01. The fourth-order valence-electron chi connectivity index (χ4n) is 1.23. The number of nitriles is 1. The number of ether oxygens (including phenoxy) is 2. The van der Waals surface area contributed by atoms with Crippen LogP contribution in [0.5, 0.6) is 11.5 Å². The van der Waals surface area contributed by atoms with Crippen molar-refractivity contribution in [2.75, 3.05) is 13.2 Å². The van der Waals surface area contributed by atoms with Crippen LogP contribution in [0.1, 0.15) is 25.8 Å². The lowest BCUT2D eigenvalue weighted by Gasteiger charge is -2.11. The zero-order valence-electron chi connectivity index (χ0n) is 10.0. The summed E-state index contributed by atoms with van der Waals surface area (Å²) < 4.78 is 10.7. The Hall–Kier alpha value is -2.02. The Balaban J connectivity index is 2.83. The minimum absolute atomic E-state index is 0.0248. The third-order valence-electron chi connectivity index (χ3n) is 2.16. The molecular weight excluding hydrogens is 218 g/mol. The summed E-state index contributed by atoms with van der Waals surface area (Å²) in [4.78, 5) is 11.2. The van der Waals surface area contributed by atoms with Gasteiger partial charge in [-0.3, -0.25) is 4.79 Å². The second kappa shape index (κ2) is 6.54. The van der Waals surface area contributed by atoms with Gasteiger partial charge in [-0.25, -0.2) is 0 Å². The average Bonchev–Trinajstić information content (AvgIpc) is 2.37. The number of hydrogen-bond donors (Lipinski definition) is 0. The van der Waals surface area contributed by atoms with Gasteiger partial charge in [0.05, 0.1) is 18.2 Å². The van der Waals surface area contributed by atoms with Crippen molar-refractivity contribution >= 4 is 5.78 Å². The van der Waals surface area contributed by atoms with Gasteiger partial charge in [-0.05, 0) is 19.1 Å². The Bertz CT molecular complexity index is 435. The van der Waals surface area contributed by atoms with Crippen molar-refractivity contribution in [1.82, 2.24) is 0 Å². The highest BCUT2D eigenvalue weighted by Gasteiger charge is 2.08. The standard InChI is InChI=1S/C13H15NO3/c1-3-11(15)9-17-12-6-5-10(8-14)7-13(12)16-4-2/h5-7H,3-4,9H2,1-2H3. The molecule has 0 aliphatic heterocycles. The molecule has 0 amide bonds. The van der Waals surface area contributed by atoms with E-state index in [0.29, 0.717) is 30.1 Å². The van der Waals surface area contributed by atoms with E-state index in [1.54, 1.807) is 25.1 Å². The Labute approximate surface area is 101 Å².